The van der Waals surface area contributed by atoms with E-state index in [-0.39, 0.29) is 22.3 Å². The molecule has 0 saturated carbocycles. The molecule has 0 unspecified atom stereocenters. The van der Waals surface area contributed by atoms with Crippen LogP contribution < -0.4 is 11.1 Å². The van der Waals surface area contributed by atoms with Crippen molar-refractivity contribution in [3.05, 3.63) is 51.5 Å². The molecule has 0 fully saturated rings. The zero-order valence-corrected chi connectivity index (χ0v) is 12.7. The van der Waals surface area contributed by atoms with Gasteiger partial charge in [-0.2, -0.15) is 0 Å². The third-order valence-electron chi connectivity index (χ3n) is 2.74. The Balaban J connectivity index is 2.33. The molecule has 0 bridgehead atoms. The Labute approximate surface area is 136 Å². The van der Waals surface area contributed by atoms with Crippen molar-refractivity contribution in [3.8, 4) is 0 Å². The highest BCUT2D eigenvalue weighted by molar-refractivity contribution is 6.33. The summed E-state index contributed by atoms with van der Waals surface area (Å²) in [5.41, 5.74) is 7.04. The Hall–Kier alpha value is -3.00. The smallest absolute Gasteiger partial charge is 0.271 e. The van der Waals surface area contributed by atoms with Gasteiger partial charge in [-0.3, -0.25) is 14.9 Å². The minimum Gasteiger partial charge on any atom is -0.399 e. The van der Waals surface area contributed by atoms with Crippen LogP contribution in [-0.2, 0) is 4.79 Å². The number of nitrogens with zero attached hydrogens (tertiary/aromatic N) is 3. The van der Waals surface area contributed by atoms with Crippen LogP contribution in [0.2, 0.25) is 5.02 Å². The van der Waals surface area contributed by atoms with Crippen molar-refractivity contribution in [2.24, 2.45) is 10.2 Å². The van der Waals surface area contributed by atoms with Crippen molar-refractivity contribution in [2.45, 2.75) is 6.92 Å². The number of azo groups is 1. The fourth-order valence-corrected chi connectivity index (χ4v) is 1.94. The first-order chi connectivity index (χ1) is 10.9. The lowest BCUT2D eigenvalue weighted by Gasteiger charge is -2.06. The number of rotatable bonds is 4. The minimum atomic E-state index is -0.554. The van der Waals surface area contributed by atoms with Gasteiger partial charge in [0, 0.05) is 24.7 Å². The second kappa shape index (κ2) is 6.84. The summed E-state index contributed by atoms with van der Waals surface area (Å²) in [7, 11) is 0. The molecule has 0 aliphatic heterocycles. The molecule has 0 spiro atoms. The molecule has 2 aromatic carbocycles. The van der Waals surface area contributed by atoms with E-state index in [1.54, 1.807) is 18.2 Å². The highest BCUT2D eigenvalue weighted by atomic mass is 35.5. The molecule has 0 aromatic heterocycles. The number of benzene rings is 2. The topological polar surface area (TPSA) is 123 Å². The Bertz CT molecular complexity index is 807. The number of nitro benzene ring substituents is 1. The number of nitrogens with two attached hydrogens (primary N) is 1. The lowest BCUT2D eigenvalue weighted by Crippen LogP contribution is -2.06. The van der Waals surface area contributed by atoms with Gasteiger partial charge >= 0.3 is 0 Å². The summed E-state index contributed by atoms with van der Waals surface area (Å²) in [6.45, 7) is 1.36. The largest absolute Gasteiger partial charge is 0.399 e. The monoisotopic (exact) mass is 333 g/mol. The van der Waals surface area contributed by atoms with Crippen LogP contribution >= 0.6 is 11.6 Å². The van der Waals surface area contributed by atoms with E-state index < -0.39 is 4.92 Å². The summed E-state index contributed by atoms with van der Waals surface area (Å²) in [5, 5.41) is 21.3. The van der Waals surface area contributed by atoms with Gasteiger partial charge in [-0.05, 0) is 24.3 Å². The number of halogens is 1. The van der Waals surface area contributed by atoms with Gasteiger partial charge in [0.2, 0.25) is 5.91 Å². The number of carbonyl (C=O) groups excluding carboxylic acids is 1. The maximum atomic E-state index is 11.2. The number of hydrogen-bond acceptors (Lipinski definition) is 6. The summed E-state index contributed by atoms with van der Waals surface area (Å²) >= 11 is 5.94. The quantitative estimate of drug-likeness (QED) is 0.376. The lowest BCUT2D eigenvalue weighted by molar-refractivity contribution is -0.384. The second-order valence-corrected chi connectivity index (χ2v) is 4.96. The highest BCUT2D eigenvalue weighted by Gasteiger charge is 2.09. The first-order valence-corrected chi connectivity index (χ1v) is 6.77. The first kappa shape index (κ1) is 16.4. The van der Waals surface area contributed by atoms with Crippen LogP contribution in [0.5, 0.6) is 0 Å². The molecular formula is C14H12ClN5O3. The van der Waals surface area contributed by atoms with Crippen LogP contribution in [0.1, 0.15) is 6.92 Å². The molecule has 0 radical (unpaired) electrons. The minimum absolute atomic E-state index is 0.0967. The molecule has 0 saturated heterocycles. The van der Waals surface area contributed by atoms with Crippen molar-refractivity contribution in [1.82, 2.24) is 0 Å². The van der Waals surface area contributed by atoms with E-state index in [0.717, 1.165) is 0 Å². The van der Waals surface area contributed by atoms with Crippen molar-refractivity contribution in [2.75, 3.05) is 11.1 Å². The molecule has 8 nitrogen and oxygen atoms in total. The average Bonchev–Trinajstić information content (AvgIpc) is 2.46. The second-order valence-electron chi connectivity index (χ2n) is 4.55. The number of carbonyl (C=O) groups is 1. The Kier molecular flexibility index (Phi) is 4.87. The Morgan fingerprint density at radius 2 is 1.87 bits per heavy atom. The van der Waals surface area contributed by atoms with E-state index in [9.17, 15) is 14.9 Å². The lowest BCUT2D eigenvalue weighted by atomic mass is 10.2. The van der Waals surface area contributed by atoms with Crippen molar-refractivity contribution >= 4 is 45.9 Å². The normalized spacial score (nSPS) is 10.7. The molecule has 118 valence electrons. The molecule has 3 N–H and O–H groups in total. The number of nitrogens with one attached hydrogen (secondary N) is 1. The zero-order chi connectivity index (χ0) is 17.0. The van der Waals surface area contributed by atoms with Gasteiger partial charge in [0.25, 0.3) is 5.69 Å². The van der Waals surface area contributed by atoms with Crippen molar-refractivity contribution in [3.63, 3.8) is 0 Å². The first-order valence-electron chi connectivity index (χ1n) is 6.39. The maximum absolute atomic E-state index is 11.2. The van der Waals surface area contributed by atoms with Gasteiger partial charge in [-0.15, -0.1) is 10.2 Å². The zero-order valence-electron chi connectivity index (χ0n) is 12.0. The van der Waals surface area contributed by atoms with E-state index in [1.807, 2.05) is 0 Å². The predicted molar refractivity (Wildman–Crippen MR) is 87.4 cm³/mol. The predicted octanol–water partition coefficient (Wildman–Crippen LogP) is 4.20. The maximum Gasteiger partial charge on any atom is 0.271 e. The van der Waals surface area contributed by atoms with Crippen LogP contribution in [0.25, 0.3) is 0 Å². The molecule has 23 heavy (non-hydrogen) atoms. The average molecular weight is 334 g/mol. The number of nitro groups is 1. The molecule has 0 aliphatic rings. The summed E-state index contributed by atoms with van der Waals surface area (Å²) in [6.07, 6.45) is 0. The number of non-ortho nitro benzene ring substituents is 1. The van der Waals surface area contributed by atoms with E-state index in [0.29, 0.717) is 17.1 Å². The molecule has 0 aliphatic carbocycles. The number of nitrogen functional groups attached to an aromatic ring is 1. The number of hydrogen-bond donors (Lipinski definition) is 2. The Morgan fingerprint density at radius 3 is 2.48 bits per heavy atom. The van der Waals surface area contributed by atoms with E-state index in [2.05, 4.69) is 15.5 Å². The fraction of sp³-hybridized carbons (Fsp3) is 0.0714. The molecule has 0 heterocycles. The molecular weight excluding hydrogens is 322 g/mol. The SMILES string of the molecule is CC(=O)Nc1cc(N)ccc1N=Nc1ccc([N+](=O)[O-])cc1Cl. The summed E-state index contributed by atoms with van der Waals surface area (Å²) < 4.78 is 0. The summed E-state index contributed by atoms with van der Waals surface area (Å²) in [6, 6.07) is 8.60. The van der Waals surface area contributed by atoms with Gasteiger partial charge < -0.3 is 11.1 Å². The molecule has 9 heteroatoms. The fourth-order valence-electron chi connectivity index (χ4n) is 1.73. The molecule has 0 atom stereocenters. The van der Waals surface area contributed by atoms with Gasteiger partial charge in [0.05, 0.1) is 15.6 Å². The van der Waals surface area contributed by atoms with Crippen LogP contribution in [-0.4, -0.2) is 10.8 Å². The van der Waals surface area contributed by atoms with Crippen molar-refractivity contribution in [1.29, 1.82) is 0 Å². The third-order valence-corrected chi connectivity index (χ3v) is 3.04. The molecule has 1 amide bonds. The van der Waals surface area contributed by atoms with Crippen LogP contribution in [0, 0.1) is 10.1 Å². The van der Waals surface area contributed by atoms with Gasteiger partial charge in [-0.1, -0.05) is 11.6 Å². The van der Waals surface area contributed by atoms with E-state index in [4.69, 9.17) is 17.3 Å². The van der Waals surface area contributed by atoms with Gasteiger partial charge in [0.15, 0.2) is 0 Å². The molecule has 2 aromatic rings. The summed E-state index contributed by atoms with van der Waals surface area (Å²) in [4.78, 5) is 21.3. The Morgan fingerprint density at radius 1 is 1.22 bits per heavy atom. The molecule has 2 rings (SSSR count). The highest BCUT2D eigenvalue weighted by Crippen LogP contribution is 2.33. The van der Waals surface area contributed by atoms with Crippen molar-refractivity contribution < 1.29 is 9.72 Å². The van der Waals surface area contributed by atoms with Crippen LogP contribution in [0.4, 0.5) is 28.4 Å². The number of anilines is 2. The number of amides is 1. The summed E-state index contributed by atoms with van der Waals surface area (Å²) in [5.74, 6) is -0.277. The van der Waals surface area contributed by atoms with Gasteiger partial charge in [0.1, 0.15) is 11.4 Å². The van der Waals surface area contributed by atoms with Crippen LogP contribution in [0.15, 0.2) is 46.6 Å². The van der Waals surface area contributed by atoms with E-state index >= 15 is 0 Å². The third kappa shape index (κ3) is 4.24. The standard InChI is InChI=1S/C14H12ClN5O3/c1-8(21)17-14-6-9(16)2-4-13(14)19-18-12-5-3-10(20(22)23)7-11(12)15/h2-7H,16H2,1H3,(H,17,21). The van der Waals surface area contributed by atoms with Crippen LogP contribution in [0.3, 0.4) is 0 Å². The van der Waals surface area contributed by atoms with E-state index in [1.165, 1.54) is 25.1 Å². The van der Waals surface area contributed by atoms with Gasteiger partial charge in [-0.25, -0.2) is 0 Å².